The van der Waals surface area contributed by atoms with Gasteiger partial charge in [-0.05, 0) is 37.6 Å². The van der Waals surface area contributed by atoms with Crippen LogP contribution in [0.2, 0.25) is 0 Å². The lowest BCUT2D eigenvalue weighted by Gasteiger charge is -2.00. The van der Waals surface area contributed by atoms with Crippen LogP contribution in [-0.4, -0.2) is 23.3 Å². The molecule has 1 heterocycles. The maximum Gasteiger partial charge on any atom is 0.354 e. The van der Waals surface area contributed by atoms with Crippen LogP contribution in [0.25, 0.3) is 0 Å². The maximum atomic E-state index is 12.8. The number of ether oxygens (including phenoxy) is 1. The van der Waals surface area contributed by atoms with Crippen LogP contribution in [0, 0.1) is 12.7 Å². The lowest BCUT2D eigenvalue weighted by atomic mass is 10.0. The molecule has 1 aromatic heterocycles. The van der Waals surface area contributed by atoms with E-state index in [0.717, 1.165) is 5.56 Å². The predicted octanol–water partition coefficient (Wildman–Crippen LogP) is 3.06. The zero-order valence-electron chi connectivity index (χ0n) is 11.9. The van der Waals surface area contributed by atoms with E-state index in [1.807, 2.05) is 0 Å². The van der Waals surface area contributed by atoms with Gasteiger partial charge in [0, 0.05) is 17.7 Å². The Labute approximate surface area is 121 Å². The summed E-state index contributed by atoms with van der Waals surface area (Å²) in [5.41, 5.74) is 2.05. The number of aryl methyl sites for hydroxylation is 1. The molecule has 2 rings (SSSR count). The molecule has 0 atom stereocenters. The van der Waals surface area contributed by atoms with Crippen molar-refractivity contribution in [3.05, 3.63) is 58.7 Å². The van der Waals surface area contributed by atoms with Crippen molar-refractivity contribution in [2.75, 3.05) is 6.61 Å². The number of benzene rings is 1. The van der Waals surface area contributed by atoms with E-state index in [2.05, 4.69) is 4.98 Å². The van der Waals surface area contributed by atoms with Gasteiger partial charge in [-0.3, -0.25) is 4.79 Å². The number of carbonyl (C=O) groups excluding carboxylic acids is 2. The number of aromatic nitrogens is 1. The fourth-order valence-corrected chi connectivity index (χ4v) is 2.05. The van der Waals surface area contributed by atoms with E-state index in [1.165, 1.54) is 18.2 Å². The topological polar surface area (TPSA) is 59.2 Å². The van der Waals surface area contributed by atoms with E-state index in [9.17, 15) is 14.0 Å². The molecule has 0 fully saturated rings. The molecule has 0 saturated heterocycles. The Balaban J connectivity index is 2.15. The van der Waals surface area contributed by atoms with Crippen molar-refractivity contribution >= 4 is 11.8 Å². The van der Waals surface area contributed by atoms with Gasteiger partial charge in [-0.15, -0.1) is 0 Å². The molecular formula is C16H16FNO3. The molecule has 21 heavy (non-hydrogen) atoms. The van der Waals surface area contributed by atoms with Crippen molar-refractivity contribution < 1.29 is 18.7 Å². The molecular weight excluding hydrogens is 273 g/mol. The third kappa shape index (κ3) is 3.56. The number of hydrogen-bond donors (Lipinski definition) is 1. The third-order valence-corrected chi connectivity index (χ3v) is 3.09. The quantitative estimate of drug-likeness (QED) is 0.679. The van der Waals surface area contributed by atoms with E-state index in [-0.39, 0.29) is 30.3 Å². The number of halogens is 1. The summed E-state index contributed by atoms with van der Waals surface area (Å²) in [6.45, 7) is 3.71. The van der Waals surface area contributed by atoms with Crippen molar-refractivity contribution in [2.24, 2.45) is 0 Å². The molecule has 0 unspecified atom stereocenters. The normalized spacial score (nSPS) is 10.4. The number of esters is 1. The molecule has 2 aromatic rings. The Kier molecular flexibility index (Phi) is 4.52. The maximum absolute atomic E-state index is 12.8. The van der Waals surface area contributed by atoms with Crippen LogP contribution in [0.5, 0.6) is 0 Å². The predicted molar refractivity (Wildman–Crippen MR) is 75.9 cm³/mol. The molecule has 1 aromatic carbocycles. The second kappa shape index (κ2) is 6.35. The minimum Gasteiger partial charge on any atom is -0.461 e. The number of carbonyl (C=O) groups is 2. The number of ketones is 1. The summed E-state index contributed by atoms with van der Waals surface area (Å²) in [6, 6.07) is 7.27. The molecule has 0 amide bonds. The highest BCUT2D eigenvalue weighted by atomic mass is 19.1. The van der Waals surface area contributed by atoms with Gasteiger partial charge >= 0.3 is 5.97 Å². The first-order valence-electron chi connectivity index (χ1n) is 6.65. The first kappa shape index (κ1) is 15.0. The van der Waals surface area contributed by atoms with Crippen molar-refractivity contribution in [1.29, 1.82) is 0 Å². The molecule has 4 nitrogen and oxygen atoms in total. The molecule has 0 bridgehead atoms. The number of nitrogens with one attached hydrogen (secondary N) is 1. The van der Waals surface area contributed by atoms with E-state index in [1.54, 1.807) is 26.0 Å². The molecule has 0 radical (unpaired) electrons. The fraction of sp³-hybridized carbons (Fsp3) is 0.250. The Morgan fingerprint density at radius 2 is 1.90 bits per heavy atom. The minimum atomic E-state index is -0.485. The Morgan fingerprint density at radius 3 is 2.52 bits per heavy atom. The van der Waals surface area contributed by atoms with Gasteiger partial charge in [-0.25, -0.2) is 9.18 Å². The molecule has 110 valence electrons. The lowest BCUT2D eigenvalue weighted by Crippen LogP contribution is -2.05. The summed E-state index contributed by atoms with van der Waals surface area (Å²) in [5.74, 6) is -0.957. The summed E-state index contributed by atoms with van der Waals surface area (Å²) < 4.78 is 17.7. The van der Waals surface area contributed by atoms with Crippen molar-refractivity contribution in [3.8, 4) is 0 Å². The number of aromatic amines is 1. The Hall–Kier alpha value is -2.43. The monoisotopic (exact) mass is 289 g/mol. The number of Topliss-reactive ketones (excluding diaryl/α,β-unsaturated/α-hetero) is 1. The lowest BCUT2D eigenvalue weighted by molar-refractivity contribution is 0.0520. The fourth-order valence-electron chi connectivity index (χ4n) is 2.05. The first-order valence-corrected chi connectivity index (χ1v) is 6.65. The highest BCUT2D eigenvalue weighted by Gasteiger charge is 2.17. The van der Waals surface area contributed by atoms with Gasteiger partial charge in [-0.1, -0.05) is 12.1 Å². The van der Waals surface area contributed by atoms with Crippen LogP contribution >= 0.6 is 0 Å². The van der Waals surface area contributed by atoms with Gasteiger partial charge in [0.2, 0.25) is 0 Å². The standard InChI is InChI=1S/C16H16FNO3/c1-3-21-16(20)14-9-13(10(2)18-14)15(19)8-11-4-6-12(17)7-5-11/h4-7,9,18H,3,8H2,1-2H3. The third-order valence-electron chi connectivity index (χ3n) is 3.09. The smallest absolute Gasteiger partial charge is 0.354 e. The Morgan fingerprint density at radius 1 is 1.24 bits per heavy atom. The van der Waals surface area contributed by atoms with Crippen LogP contribution < -0.4 is 0 Å². The molecule has 0 aliphatic heterocycles. The summed E-state index contributed by atoms with van der Waals surface area (Å²) >= 11 is 0. The van der Waals surface area contributed by atoms with E-state index in [0.29, 0.717) is 11.3 Å². The highest BCUT2D eigenvalue weighted by Crippen LogP contribution is 2.15. The first-order chi connectivity index (χ1) is 10.0. The van der Waals surface area contributed by atoms with E-state index < -0.39 is 5.97 Å². The van der Waals surface area contributed by atoms with Crippen LogP contribution in [-0.2, 0) is 11.2 Å². The molecule has 5 heteroatoms. The summed E-state index contributed by atoms with van der Waals surface area (Å²) in [4.78, 5) is 26.7. The van der Waals surface area contributed by atoms with Gasteiger partial charge in [0.25, 0.3) is 0 Å². The number of H-pyrrole nitrogens is 1. The van der Waals surface area contributed by atoms with Gasteiger partial charge in [0.1, 0.15) is 11.5 Å². The largest absolute Gasteiger partial charge is 0.461 e. The SMILES string of the molecule is CCOC(=O)c1cc(C(=O)Cc2ccc(F)cc2)c(C)[nH]1. The van der Waals surface area contributed by atoms with E-state index in [4.69, 9.17) is 4.74 Å². The molecule has 0 aliphatic carbocycles. The van der Waals surface area contributed by atoms with Crippen molar-refractivity contribution in [3.63, 3.8) is 0 Å². The minimum absolute atomic E-state index is 0.133. The molecule has 0 saturated carbocycles. The zero-order chi connectivity index (χ0) is 15.4. The molecule has 0 spiro atoms. The van der Waals surface area contributed by atoms with E-state index >= 15 is 0 Å². The Bertz CT molecular complexity index is 659. The average molecular weight is 289 g/mol. The van der Waals surface area contributed by atoms with Gasteiger partial charge in [0.15, 0.2) is 5.78 Å². The van der Waals surface area contributed by atoms with Gasteiger partial charge in [-0.2, -0.15) is 0 Å². The van der Waals surface area contributed by atoms with Crippen molar-refractivity contribution in [1.82, 2.24) is 4.98 Å². The van der Waals surface area contributed by atoms with Crippen LogP contribution in [0.15, 0.2) is 30.3 Å². The summed E-state index contributed by atoms with van der Waals surface area (Å²) in [6.07, 6.45) is 0.154. The van der Waals surface area contributed by atoms with Gasteiger partial charge < -0.3 is 9.72 Å². The number of hydrogen-bond acceptors (Lipinski definition) is 3. The zero-order valence-corrected chi connectivity index (χ0v) is 11.9. The van der Waals surface area contributed by atoms with Crippen LogP contribution in [0.1, 0.15) is 39.0 Å². The summed E-state index contributed by atoms with van der Waals surface area (Å²) in [7, 11) is 0. The average Bonchev–Trinajstić information content (AvgIpc) is 2.84. The van der Waals surface area contributed by atoms with Crippen molar-refractivity contribution in [2.45, 2.75) is 20.3 Å². The second-order valence-corrected chi connectivity index (χ2v) is 4.67. The van der Waals surface area contributed by atoms with Crippen LogP contribution in [0.3, 0.4) is 0 Å². The molecule has 1 N–H and O–H groups in total. The highest BCUT2D eigenvalue weighted by molar-refractivity contribution is 6.01. The number of rotatable bonds is 5. The van der Waals surface area contributed by atoms with Crippen LogP contribution in [0.4, 0.5) is 4.39 Å². The summed E-state index contributed by atoms with van der Waals surface area (Å²) in [5, 5.41) is 0. The van der Waals surface area contributed by atoms with Gasteiger partial charge in [0.05, 0.1) is 6.61 Å². The molecule has 0 aliphatic rings. The second-order valence-electron chi connectivity index (χ2n) is 4.67.